The molecule has 0 saturated heterocycles. The lowest BCUT2D eigenvalue weighted by Gasteiger charge is -1.68. The molecule has 4 nitrogen and oxygen atoms in total. The van der Waals surface area contributed by atoms with E-state index < -0.39 is 10.5 Å². The van der Waals surface area contributed by atoms with Crippen molar-refractivity contribution in [3.05, 3.63) is 10.9 Å². The fourth-order valence-electron chi connectivity index (χ4n) is 0.328. The Bertz CT molecular complexity index is 291. The average molecular weight is 162 g/mol. The standard InChI is InChI=1S/C3H2N2O2S2/c6-9(7)5-3-1-8-2-4-3/h1-2H. The van der Waals surface area contributed by atoms with Crippen LogP contribution in [0.4, 0.5) is 5.82 Å². The van der Waals surface area contributed by atoms with E-state index in [9.17, 15) is 8.42 Å². The molecule has 1 rings (SSSR count). The molecular weight excluding hydrogens is 160 g/mol. The molecule has 1 aromatic heterocycles. The van der Waals surface area contributed by atoms with Crippen molar-refractivity contribution in [1.29, 1.82) is 0 Å². The molecular formula is C3H2N2O2S2. The van der Waals surface area contributed by atoms with Crippen LogP contribution in [0.3, 0.4) is 0 Å². The first-order valence-corrected chi connectivity index (χ1v) is 3.96. The van der Waals surface area contributed by atoms with E-state index >= 15 is 0 Å². The quantitative estimate of drug-likeness (QED) is 0.614. The molecule has 0 aliphatic carbocycles. The Morgan fingerprint density at radius 3 is 2.89 bits per heavy atom. The number of aromatic nitrogens is 1. The van der Waals surface area contributed by atoms with Crippen LogP contribution >= 0.6 is 11.3 Å². The molecule has 9 heavy (non-hydrogen) atoms. The first kappa shape index (κ1) is 6.37. The first-order valence-electron chi connectivity index (χ1n) is 1.98. The maximum absolute atomic E-state index is 9.86. The van der Waals surface area contributed by atoms with Gasteiger partial charge in [-0.25, -0.2) is 4.98 Å². The largest absolute Gasteiger partial charge is 0.317 e. The van der Waals surface area contributed by atoms with Crippen molar-refractivity contribution in [3.63, 3.8) is 0 Å². The lowest BCUT2D eigenvalue weighted by molar-refractivity contribution is 0.622. The van der Waals surface area contributed by atoms with Crippen LogP contribution in [0, 0.1) is 0 Å². The second-order valence-electron chi connectivity index (χ2n) is 1.16. The maximum atomic E-state index is 9.86. The first-order chi connectivity index (χ1) is 4.29. The summed E-state index contributed by atoms with van der Waals surface area (Å²) in [5.74, 6) is 0.244. The van der Waals surface area contributed by atoms with Crippen molar-refractivity contribution >= 4 is 27.7 Å². The van der Waals surface area contributed by atoms with Crippen LogP contribution < -0.4 is 0 Å². The molecule has 48 valence electrons. The summed E-state index contributed by atoms with van der Waals surface area (Å²) in [6.07, 6.45) is 0. The van der Waals surface area contributed by atoms with Crippen molar-refractivity contribution in [2.45, 2.75) is 0 Å². The number of hydrogen-bond acceptors (Lipinski definition) is 5. The molecule has 0 aliphatic heterocycles. The second kappa shape index (κ2) is 2.70. The average Bonchev–Trinajstić information content (AvgIpc) is 2.15. The van der Waals surface area contributed by atoms with Crippen LogP contribution in [0.25, 0.3) is 0 Å². The molecule has 1 heterocycles. The van der Waals surface area contributed by atoms with Gasteiger partial charge in [0.25, 0.3) is 0 Å². The highest BCUT2D eigenvalue weighted by Gasteiger charge is 1.86. The van der Waals surface area contributed by atoms with E-state index in [0.29, 0.717) is 0 Å². The lowest BCUT2D eigenvalue weighted by atomic mass is 10.9. The van der Waals surface area contributed by atoms with Gasteiger partial charge in [-0.05, 0) is 0 Å². The fourth-order valence-corrected chi connectivity index (χ4v) is 1.11. The van der Waals surface area contributed by atoms with Crippen LogP contribution in [0.2, 0.25) is 0 Å². The topological polar surface area (TPSA) is 59.4 Å². The van der Waals surface area contributed by atoms with Gasteiger partial charge >= 0.3 is 10.5 Å². The second-order valence-corrected chi connectivity index (χ2v) is 2.49. The van der Waals surface area contributed by atoms with E-state index in [0.717, 1.165) is 0 Å². The fraction of sp³-hybridized carbons (Fsp3) is 0. The molecule has 0 N–H and O–H groups in total. The third-order valence-corrected chi connectivity index (χ3v) is 1.50. The molecule has 0 fully saturated rings. The van der Waals surface area contributed by atoms with Crippen LogP contribution in [0.5, 0.6) is 0 Å². The van der Waals surface area contributed by atoms with Gasteiger partial charge in [0.15, 0.2) is 5.82 Å². The SMILES string of the molecule is O=S(=O)=Nc1cscn1. The van der Waals surface area contributed by atoms with Crippen LogP contribution in [0.15, 0.2) is 15.3 Å². The molecule has 0 radical (unpaired) electrons. The number of rotatable bonds is 1. The maximum Gasteiger partial charge on any atom is 0.317 e. The normalized spacial score (nSPS) is 8.89. The van der Waals surface area contributed by atoms with Gasteiger partial charge < -0.3 is 0 Å². The van der Waals surface area contributed by atoms with E-state index in [1.165, 1.54) is 16.8 Å². The van der Waals surface area contributed by atoms with Crippen molar-refractivity contribution in [2.75, 3.05) is 0 Å². The molecule has 0 bridgehead atoms. The van der Waals surface area contributed by atoms with E-state index in [4.69, 9.17) is 0 Å². The Balaban J connectivity index is 3.07. The third-order valence-electron chi connectivity index (χ3n) is 0.587. The van der Waals surface area contributed by atoms with Gasteiger partial charge in [-0.3, -0.25) is 0 Å². The summed E-state index contributed by atoms with van der Waals surface area (Å²) in [6, 6.07) is 0. The van der Waals surface area contributed by atoms with Crippen LogP contribution in [0.1, 0.15) is 0 Å². The van der Waals surface area contributed by atoms with Crippen LogP contribution in [-0.2, 0) is 10.5 Å². The van der Waals surface area contributed by atoms with Gasteiger partial charge in [0.2, 0.25) is 0 Å². The van der Waals surface area contributed by atoms with Crippen molar-refractivity contribution in [3.8, 4) is 0 Å². The van der Waals surface area contributed by atoms with E-state index in [-0.39, 0.29) is 5.82 Å². The van der Waals surface area contributed by atoms with E-state index in [1.54, 1.807) is 5.38 Å². The minimum Gasteiger partial charge on any atom is -0.225 e. The van der Waals surface area contributed by atoms with Gasteiger partial charge in [-0.2, -0.15) is 8.42 Å². The Hall–Kier alpha value is -0.750. The highest BCUT2D eigenvalue weighted by atomic mass is 32.2. The summed E-state index contributed by atoms with van der Waals surface area (Å²) < 4.78 is 22.9. The summed E-state index contributed by atoms with van der Waals surface area (Å²) in [4.78, 5) is 3.62. The summed E-state index contributed by atoms with van der Waals surface area (Å²) in [7, 11) is -2.38. The Morgan fingerprint density at radius 1 is 1.67 bits per heavy atom. The van der Waals surface area contributed by atoms with Gasteiger partial charge in [-0.15, -0.1) is 15.7 Å². The lowest BCUT2D eigenvalue weighted by Crippen LogP contribution is -1.58. The van der Waals surface area contributed by atoms with Crippen molar-refractivity contribution in [1.82, 2.24) is 4.98 Å². The summed E-state index contributed by atoms with van der Waals surface area (Å²) in [5, 5.41) is 1.55. The predicted molar refractivity (Wildman–Crippen MR) is 33.1 cm³/mol. The van der Waals surface area contributed by atoms with Crippen molar-refractivity contribution in [2.24, 2.45) is 4.36 Å². The minimum atomic E-state index is -2.38. The molecule has 0 aromatic carbocycles. The van der Waals surface area contributed by atoms with E-state index in [1.807, 2.05) is 0 Å². The molecule has 0 saturated carbocycles. The molecule has 0 aliphatic rings. The van der Waals surface area contributed by atoms with Gasteiger partial charge in [0, 0.05) is 5.38 Å². The number of hydrogen-bond donors (Lipinski definition) is 0. The Labute approximate surface area is 56.9 Å². The molecule has 0 unspecified atom stereocenters. The highest BCUT2D eigenvalue weighted by molar-refractivity contribution is 7.61. The van der Waals surface area contributed by atoms with Crippen LogP contribution in [-0.4, -0.2) is 13.4 Å². The van der Waals surface area contributed by atoms with E-state index in [2.05, 4.69) is 9.35 Å². The van der Waals surface area contributed by atoms with Gasteiger partial charge in [0.1, 0.15) is 0 Å². The zero-order chi connectivity index (χ0) is 6.69. The minimum absolute atomic E-state index is 0.244. The number of nitrogens with zero attached hydrogens (tertiary/aromatic N) is 2. The number of thiazole rings is 1. The zero-order valence-corrected chi connectivity index (χ0v) is 5.82. The Kier molecular flexibility index (Phi) is 1.91. The van der Waals surface area contributed by atoms with Gasteiger partial charge in [-0.1, -0.05) is 0 Å². The molecule has 1 aromatic rings. The monoisotopic (exact) mass is 162 g/mol. The summed E-state index contributed by atoms with van der Waals surface area (Å²) in [5.41, 5.74) is 1.52. The molecule has 6 heteroatoms. The third kappa shape index (κ3) is 1.90. The molecule has 0 atom stereocenters. The molecule has 0 amide bonds. The zero-order valence-electron chi connectivity index (χ0n) is 4.18. The predicted octanol–water partition coefficient (Wildman–Crippen LogP) is 0.837. The molecule has 0 spiro atoms. The summed E-state index contributed by atoms with van der Waals surface area (Å²) in [6.45, 7) is 0. The van der Waals surface area contributed by atoms with Gasteiger partial charge in [0.05, 0.1) is 5.51 Å². The highest BCUT2D eigenvalue weighted by Crippen LogP contribution is 2.09. The summed E-state index contributed by atoms with van der Waals surface area (Å²) >= 11 is 1.30. The Morgan fingerprint density at radius 2 is 2.44 bits per heavy atom. The smallest absolute Gasteiger partial charge is 0.225 e. The van der Waals surface area contributed by atoms with Crippen molar-refractivity contribution < 1.29 is 8.42 Å².